The van der Waals surface area contributed by atoms with Gasteiger partial charge in [-0.15, -0.1) is 0 Å². The van der Waals surface area contributed by atoms with Crippen LogP contribution in [0.5, 0.6) is 0 Å². The van der Waals surface area contributed by atoms with E-state index in [4.69, 9.17) is 4.42 Å². The van der Waals surface area contributed by atoms with E-state index >= 15 is 0 Å². The van der Waals surface area contributed by atoms with E-state index in [0.29, 0.717) is 28.6 Å². The number of aromatic nitrogens is 1. The second kappa shape index (κ2) is 7.18. The van der Waals surface area contributed by atoms with Crippen LogP contribution in [-0.2, 0) is 11.2 Å². The number of hydrogen-bond acceptors (Lipinski definition) is 5. The Morgan fingerprint density at radius 1 is 1.19 bits per heavy atom. The fourth-order valence-corrected chi connectivity index (χ4v) is 2.54. The summed E-state index contributed by atoms with van der Waals surface area (Å²) in [5.74, 6) is 0.699. The van der Waals surface area contributed by atoms with Crippen molar-refractivity contribution in [1.82, 2.24) is 4.98 Å². The third-order valence-corrected chi connectivity index (χ3v) is 3.93. The lowest BCUT2D eigenvalue weighted by molar-refractivity contribution is -0.385. The molecule has 3 aromatic rings. The molecule has 0 bridgehead atoms. The molecule has 0 aliphatic rings. The predicted molar refractivity (Wildman–Crippen MR) is 96.8 cm³/mol. The summed E-state index contributed by atoms with van der Waals surface area (Å²) in [6, 6.07) is 14.0. The molecule has 0 unspecified atom stereocenters. The van der Waals surface area contributed by atoms with Gasteiger partial charge in [0.2, 0.25) is 11.8 Å². The number of aryl methyl sites for hydroxylation is 2. The summed E-state index contributed by atoms with van der Waals surface area (Å²) in [7, 11) is 0. The fourth-order valence-electron chi connectivity index (χ4n) is 2.54. The highest BCUT2D eigenvalue weighted by molar-refractivity contribution is 5.92. The molecular weight excluding hydrogens is 334 g/mol. The molecule has 0 atom stereocenters. The Morgan fingerprint density at radius 3 is 2.62 bits per heavy atom. The number of carbonyl (C=O) groups is 1. The average molecular weight is 351 g/mol. The Labute approximate surface area is 149 Å². The van der Waals surface area contributed by atoms with E-state index in [1.54, 1.807) is 26.0 Å². The van der Waals surface area contributed by atoms with Crippen LogP contribution < -0.4 is 5.32 Å². The highest BCUT2D eigenvalue weighted by Crippen LogP contribution is 2.24. The molecule has 0 aliphatic heterocycles. The van der Waals surface area contributed by atoms with Crippen LogP contribution in [0.15, 0.2) is 52.9 Å². The van der Waals surface area contributed by atoms with Gasteiger partial charge in [-0.2, -0.15) is 0 Å². The Kier molecular flexibility index (Phi) is 4.79. The Morgan fingerprint density at radius 2 is 1.92 bits per heavy atom. The first-order valence-corrected chi connectivity index (χ1v) is 8.00. The molecule has 1 N–H and O–H groups in total. The minimum absolute atomic E-state index is 0.0177. The third-order valence-electron chi connectivity index (χ3n) is 3.93. The smallest absolute Gasteiger partial charge is 0.274 e. The SMILES string of the molecule is Cc1ccc(NC(=O)Cc2nc(-c3ccccc3)oc2C)cc1[N+](=O)[O-]. The molecule has 0 aliphatic carbocycles. The summed E-state index contributed by atoms with van der Waals surface area (Å²) in [4.78, 5) is 27.2. The molecule has 2 aromatic carbocycles. The lowest BCUT2D eigenvalue weighted by Crippen LogP contribution is -2.15. The molecule has 0 spiro atoms. The number of nitrogens with one attached hydrogen (secondary N) is 1. The van der Waals surface area contributed by atoms with Crippen molar-refractivity contribution in [1.29, 1.82) is 0 Å². The number of nitro groups is 1. The van der Waals surface area contributed by atoms with E-state index in [1.165, 1.54) is 6.07 Å². The Balaban J connectivity index is 1.74. The average Bonchev–Trinajstić information content (AvgIpc) is 2.98. The number of hydrogen-bond donors (Lipinski definition) is 1. The van der Waals surface area contributed by atoms with Crippen LogP contribution in [0.2, 0.25) is 0 Å². The molecule has 0 fully saturated rings. The van der Waals surface area contributed by atoms with Gasteiger partial charge in [0.1, 0.15) is 5.76 Å². The molecule has 26 heavy (non-hydrogen) atoms. The van der Waals surface area contributed by atoms with Gasteiger partial charge >= 0.3 is 0 Å². The van der Waals surface area contributed by atoms with Crippen molar-refractivity contribution in [2.24, 2.45) is 0 Å². The highest BCUT2D eigenvalue weighted by atomic mass is 16.6. The van der Waals surface area contributed by atoms with Gasteiger partial charge in [-0.05, 0) is 32.0 Å². The van der Waals surface area contributed by atoms with Gasteiger partial charge in [-0.3, -0.25) is 14.9 Å². The second-order valence-corrected chi connectivity index (χ2v) is 5.87. The topological polar surface area (TPSA) is 98.3 Å². The lowest BCUT2D eigenvalue weighted by Gasteiger charge is -2.05. The molecule has 1 amide bonds. The maximum absolute atomic E-state index is 12.3. The van der Waals surface area contributed by atoms with Gasteiger partial charge in [0, 0.05) is 22.9 Å². The summed E-state index contributed by atoms with van der Waals surface area (Å²) in [6.45, 7) is 3.40. The van der Waals surface area contributed by atoms with Crippen molar-refractivity contribution in [3.63, 3.8) is 0 Å². The van der Waals surface area contributed by atoms with E-state index in [9.17, 15) is 14.9 Å². The fraction of sp³-hybridized carbons (Fsp3) is 0.158. The third kappa shape index (κ3) is 3.77. The number of benzene rings is 2. The molecule has 0 saturated carbocycles. The van der Waals surface area contributed by atoms with Crippen LogP contribution in [0.3, 0.4) is 0 Å². The van der Waals surface area contributed by atoms with Gasteiger partial charge in [0.25, 0.3) is 5.69 Å². The van der Waals surface area contributed by atoms with Gasteiger partial charge < -0.3 is 9.73 Å². The van der Waals surface area contributed by atoms with Crippen LogP contribution in [-0.4, -0.2) is 15.8 Å². The van der Waals surface area contributed by atoms with E-state index in [0.717, 1.165) is 5.56 Å². The summed E-state index contributed by atoms with van der Waals surface area (Å²) in [5.41, 5.74) is 2.23. The molecule has 1 heterocycles. The maximum atomic E-state index is 12.3. The van der Waals surface area contributed by atoms with Crippen LogP contribution in [0, 0.1) is 24.0 Å². The maximum Gasteiger partial charge on any atom is 0.274 e. The zero-order valence-electron chi connectivity index (χ0n) is 14.4. The van der Waals surface area contributed by atoms with Crippen molar-refractivity contribution < 1.29 is 14.1 Å². The summed E-state index contributed by atoms with van der Waals surface area (Å²) in [6.07, 6.45) is 0.0177. The number of nitro benzene ring substituents is 1. The van der Waals surface area contributed by atoms with Gasteiger partial charge in [0.15, 0.2) is 0 Å². The summed E-state index contributed by atoms with van der Waals surface area (Å²) < 4.78 is 5.64. The Hall–Kier alpha value is -3.48. The van der Waals surface area contributed by atoms with E-state index in [1.807, 2.05) is 30.3 Å². The van der Waals surface area contributed by atoms with Crippen LogP contribution in [0.4, 0.5) is 11.4 Å². The summed E-state index contributed by atoms with van der Waals surface area (Å²) >= 11 is 0. The van der Waals surface area contributed by atoms with Gasteiger partial charge in [-0.25, -0.2) is 4.98 Å². The zero-order chi connectivity index (χ0) is 18.7. The van der Waals surface area contributed by atoms with Crippen LogP contribution in [0.1, 0.15) is 17.0 Å². The van der Waals surface area contributed by atoms with E-state index in [-0.39, 0.29) is 18.0 Å². The highest BCUT2D eigenvalue weighted by Gasteiger charge is 2.16. The summed E-state index contributed by atoms with van der Waals surface area (Å²) in [5, 5.41) is 13.7. The molecule has 7 heteroatoms. The standard InChI is InChI=1S/C19H17N3O4/c1-12-8-9-15(10-17(12)22(24)25)20-18(23)11-16-13(2)26-19(21-16)14-6-4-3-5-7-14/h3-10H,11H2,1-2H3,(H,20,23). The number of amides is 1. The first kappa shape index (κ1) is 17.3. The Bertz CT molecular complexity index is 964. The number of carbonyl (C=O) groups excluding carboxylic acids is 1. The largest absolute Gasteiger partial charge is 0.441 e. The number of rotatable bonds is 5. The predicted octanol–water partition coefficient (Wildman–Crippen LogP) is 4.05. The minimum atomic E-state index is -0.473. The van der Waals surface area contributed by atoms with Crippen molar-refractivity contribution in [3.05, 3.63) is 75.7 Å². The van der Waals surface area contributed by atoms with Crippen molar-refractivity contribution in [2.75, 3.05) is 5.32 Å². The second-order valence-electron chi connectivity index (χ2n) is 5.87. The molecule has 3 rings (SSSR count). The van der Waals surface area contributed by atoms with Crippen molar-refractivity contribution >= 4 is 17.3 Å². The first-order valence-electron chi connectivity index (χ1n) is 8.00. The van der Waals surface area contributed by atoms with Gasteiger partial charge in [-0.1, -0.05) is 24.3 Å². The molecule has 7 nitrogen and oxygen atoms in total. The lowest BCUT2D eigenvalue weighted by atomic mass is 10.2. The molecule has 1 aromatic heterocycles. The van der Waals surface area contributed by atoms with Crippen molar-refractivity contribution in [3.8, 4) is 11.5 Å². The van der Waals surface area contributed by atoms with E-state index in [2.05, 4.69) is 10.3 Å². The normalized spacial score (nSPS) is 10.5. The van der Waals surface area contributed by atoms with Crippen LogP contribution >= 0.6 is 0 Å². The monoisotopic (exact) mass is 351 g/mol. The minimum Gasteiger partial charge on any atom is -0.441 e. The van der Waals surface area contributed by atoms with Gasteiger partial charge in [0.05, 0.1) is 17.0 Å². The first-order chi connectivity index (χ1) is 12.4. The number of anilines is 1. The quantitative estimate of drug-likeness (QED) is 0.552. The molecule has 0 saturated heterocycles. The van der Waals surface area contributed by atoms with Crippen molar-refractivity contribution in [2.45, 2.75) is 20.3 Å². The number of oxazole rings is 1. The van der Waals surface area contributed by atoms with Crippen LogP contribution in [0.25, 0.3) is 11.5 Å². The van der Waals surface area contributed by atoms with E-state index < -0.39 is 4.92 Å². The molecule has 0 radical (unpaired) electrons. The molecular formula is C19H17N3O4. The molecule has 132 valence electrons. The zero-order valence-corrected chi connectivity index (χ0v) is 14.4. The number of nitrogens with zero attached hydrogens (tertiary/aromatic N) is 2.